The number of aliphatic hydroxyl groups excluding tert-OH is 1. The lowest BCUT2D eigenvalue weighted by Crippen LogP contribution is -2.33. The fraction of sp³-hybridized carbons (Fsp3) is 0.316. The highest BCUT2D eigenvalue weighted by Crippen LogP contribution is 2.36. The number of benzene rings is 2. The fourth-order valence-corrected chi connectivity index (χ4v) is 3.87. The Morgan fingerprint density at radius 3 is 2.63 bits per heavy atom. The van der Waals surface area contributed by atoms with Crippen LogP contribution in [0.1, 0.15) is 15.9 Å². The van der Waals surface area contributed by atoms with E-state index in [9.17, 15) is 9.90 Å². The summed E-state index contributed by atoms with van der Waals surface area (Å²) in [7, 11) is 0. The van der Waals surface area contributed by atoms with Gasteiger partial charge < -0.3 is 14.6 Å². The Balaban J connectivity index is 1.65. The molecule has 0 unspecified atom stereocenters. The third kappa shape index (κ3) is 4.81. The topological polar surface area (TPSA) is 105 Å². The summed E-state index contributed by atoms with van der Waals surface area (Å²) in [5.74, 6) is -0.499. The number of ether oxygens (including phenoxy) is 2. The zero-order chi connectivity index (χ0) is 19.2. The molecule has 27 heavy (non-hydrogen) atoms. The van der Waals surface area contributed by atoms with Crippen LogP contribution in [0.25, 0.3) is 10.4 Å². The van der Waals surface area contributed by atoms with E-state index in [2.05, 4.69) is 10.0 Å². The Morgan fingerprint density at radius 1 is 1.26 bits per heavy atom. The second-order valence-corrected chi connectivity index (χ2v) is 7.37. The highest BCUT2D eigenvalue weighted by atomic mass is 32.2. The van der Waals surface area contributed by atoms with E-state index >= 15 is 0 Å². The number of hydrogen-bond donors (Lipinski definition) is 1. The first-order valence-electron chi connectivity index (χ1n) is 8.41. The van der Waals surface area contributed by atoms with Crippen LogP contribution in [0.4, 0.5) is 0 Å². The average molecular weight is 385 g/mol. The molecule has 140 valence electrons. The van der Waals surface area contributed by atoms with Crippen LogP contribution >= 0.6 is 11.8 Å². The Hall–Kier alpha value is -2.51. The number of hydrogen-bond acceptors (Lipinski definition) is 6. The molecule has 0 radical (unpaired) electrons. The molecule has 1 fully saturated rings. The van der Waals surface area contributed by atoms with Gasteiger partial charge in [-0.05, 0) is 36.7 Å². The first-order chi connectivity index (χ1) is 13.1. The Morgan fingerprint density at radius 2 is 1.96 bits per heavy atom. The van der Waals surface area contributed by atoms with Gasteiger partial charge in [-0.15, -0.1) is 11.8 Å². The van der Waals surface area contributed by atoms with E-state index in [4.69, 9.17) is 15.0 Å². The van der Waals surface area contributed by atoms with Crippen molar-refractivity contribution in [3.05, 3.63) is 76.2 Å². The molecule has 0 aromatic heterocycles. The van der Waals surface area contributed by atoms with Crippen LogP contribution in [0.5, 0.6) is 0 Å². The number of nitrogens with zero attached hydrogens (tertiary/aromatic N) is 3. The number of aryl methyl sites for hydroxylation is 1. The van der Waals surface area contributed by atoms with Crippen molar-refractivity contribution in [2.75, 3.05) is 6.61 Å². The summed E-state index contributed by atoms with van der Waals surface area (Å²) >= 11 is 1.37. The van der Waals surface area contributed by atoms with Crippen molar-refractivity contribution in [1.82, 2.24) is 0 Å². The van der Waals surface area contributed by atoms with Crippen molar-refractivity contribution in [1.29, 1.82) is 0 Å². The first kappa shape index (κ1) is 19.3. The summed E-state index contributed by atoms with van der Waals surface area (Å²) < 4.78 is 10.9. The minimum atomic E-state index is -0.949. The van der Waals surface area contributed by atoms with Crippen LogP contribution in [0, 0.1) is 6.92 Å². The van der Waals surface area contributed by atoms with Crippen molar-refractivity contribution < 1.29 is 19.4 Å². The van der Waals surface area contributed by atoms with E-state index in [1.807, 2.05) is 31.2 Å². The van der Waals surface area contributed by atoms with Gasteiger partial charge in [0.2, 0.25) is 0 Å². The third-order valence-electron chi connectivity index (χ3n) is 4.16. The summed E-state index contributed by atoms with van der Waals surface area (Å²) in [6.45, 7) is 1.86. The molecule has 1 saturated heterocycles. The molecule has 0 spiro atoms. The van der Waals surface area contributed by atoms with Crippen molar-refractivity contribution >= 4 is 17.7 Å². The summed E-state index contributed by atoms with van der Waals surface area (Å²) in [6, 6.07) is 16.4. The summed E-state index contributed by atoms with van der Waals surface area (Å²) in [4.78, 5) is 15.8. The normalized spacial score (nSPS) is 24.2. The average Bonchev–Trinajstić information content (AvgIpc) is 2.98. The largest absolute Gasteiger partial charge is 0.459 e. The van der Waals surface area contributed by atoms with Crippen LogP contribution in [-0.2, 0) is 9.47 Å². The zero-order valence-corrected chi connectivity index (χ0v) is 15.5. The number of thioether (sulfide) groups is 1. The Labute approximate surface area is 160 Å². The van der Waals surface area contributed by atoms with Crippen molar-refractivity contribution in [3.63, 3.8) is 0 Å². The van der Waals surface area contributed by atoms with Gasteiger partial charge >= 0.3 is 5.97 Å². The third-order valence-corrected chi connectivity index (χ3v) is 5.49. The maximum Gasteiger partial charge on any atom is 0.338 e. The van der Waals surface area contributed by atoms with E-state index in [1.54, 1.807) is 30.3 Å². The predicted molar refractivity (Wildman–Crippen MR) is 101 cm³/mol. The van der Waals surface area contributed by atoms with Gasteiger partial charge in [0.05, 0.1) is 16.9 Å². The van der Waals surface area contributed by atoms with Gasteiger partial charge in [-0.3, -0.25) is 0 Å². The summed E-state index contributed by atoms with van der Waals surface area (Å²) in [5.41, 5.74) is 10.3. The van der Waals surface area contributed by atoms with Crippen LogP contribution in [0.2, 0.25) is 0 Å². The van der Waals surface area contributed by atoms with E-state index in [0.29, 0.717) is 5.56 Å². The molecule has 0 aliphatic carbocycles. The van der Waals surface area contributed by atoms with E-state index in [0.717, 1.165) is 10.5 Å². The lowest BCUT2D eigenvalue weighted by Gasteiger charge is -2.18. The quantitative estimate of drug-likeness (QED) is 0.353. The summed E-state index contributed by atoms with van der Waals surface area (Å²) in [6.07, 6.45) is -2.57. The number of esters is 1. The standard InChI is InChI=1S/C19H19N3O4S/c1-12-7-9-14(10-8-12)27-17-16(23)15(26-18(17)21-22-20)11-25-19(24)13-5-3-2-4-6-13/h2-10,15-18,23H,11H2,1H3/t15-,16+,17-,18-/m1/s1. The molecule has 0 amide bonds. The van der Waals surface area contributed by atoms with E-state index in [-0.39, 0.29) is 6.61 Å². The molecular formula is C19H19N3O4S. The lowest BCUT2D eigenvalue weighted by atomic mass is 10.2. The summed E-state index contributed by atoms with van der Waals surface area (Å²) in [5, 5.41) is 13.8. The van der Waals surface area contributed by atoms with Crippen LogP contribution in [0.3, 0.4) is 0 Å². The van der Waals surface area contributed by atoms with Gasteiger partial charge in [-0.2, -0.15) is 0 Å². The van der Waals surface area contributed by atoms with Crippen molar-refractivity contribution in [3.8, 4) is 0 Å². The molecule has 1 aliphatic heterocycles. The number of aliphatic hydroxyl groups is 1. The maximum atomic E-state index is 12.1. The Kier molecular flexibility index (Phi) is 6.36. The zero-order valence-electron chi connectivity index (χ0n) is 14.6. The van der Waals surface area contributed by atoms with Gasteiger partial charge in [-0.25, -0.2) is 4.79 Å². The van der Waals surface area contributed by atoms with Crippen LogP contribution in [-0.4, -0.2) is 41.4 Å². The molecule has 8 heteroatoms. The molecule has 1 N–H and O–H groups in total. The second-order valence-electron chi connectivity index (χ2n) is 6.12. The lowest BCUT2D eigenvalue weighted by molar-refractivity contribution is -0.0319. The number of carbonyl (C=O) groups excluding carboxylic acids is 1. The smallest absolute Gasteiger partial charge is 0.338 e. The molecule has 2 aromatic carbocycles. The van der Waals surface area contributed by atoms with Gasteiger partial charge in [0.15, 0.2) is 6.23 Å². The molecule has 0 bridgehead atoms. The fourth-order valence-electron chi connectivity index (χ4n) is 2.72. The number of azide groups is 1. The minimum Gasteiger partial charge on any atom is -0.459 e. The van der Waals surface area contributed by atoms with Crippen LogP contribution in [0.15, 0.2) is 64.6 Å². The predicted octanol–water partition coefficient (Wildman–Crippen LogP) is 3.71. The van der Waals surface area contributed by atoms with Gasteiger partial charge in [0, 0.05) is 9.81 Å². The molecular weight excluding hydrogens is 366 g/mol. The van der Waals surface area contributed by atoms with Gasteiger partial charge in [0.25, 0.3) is 0 Å². The monoisotopic (exact) mass is 385 g/mol. The van der Waals surface area contributed by atoms with Crippen molar-refractivity contribution in [2.45, 2.75) is 35.5 Å². The molecule has 3 rings (SSSR count). The molecule has 7 nitrogen and oxygen atoms in total. The number of rotatable bonds is 6. The SMILES string of the molecule is Cc1ccc(S[C@@H]2[C@@H](O)[C@@H](COC(=O)c3ccccc3)O[C@H]2N=[N+]=[N-])cc1. The molecule has 0 saturated carbocycles. The molecule has 1 heterocycles. The maximum absolute atomic E-state index is 12.1. The first-order valence-corrected chi connectivity index (χ1v) is 9.29. The molecule has 4 atom stereocenters. The highest BCUT2D eigenvalue weighted by Gasteiger charge is 2.44. The van der Waals surface area contributed by atoms with Crippen LogP contribution < -0.4 is 0 Å². The van der Waals surface area contributed by atoms with Gasteiger partial charge in [0.1, 0.15) is 12.7 Å². The second kappa shape index (κ2) is 8.92. The number of carbonyl (C=O) groups is 1. The highest BCUT2D eigenvalue weighted by molar-refractivity contribution is 8.00. The van der Waals surface area contributed by atoms with E-state index in [1.165, 1.54) is 11.8 Å². The van der Waals surface area contributed by atoms with Gasteiger partial charge in [-0.1, -0.05) is 41.0 Å². The van der Waals surface area contributed by atoms with E-state index < -0.39 is 29.7 Å². The minimum absolute atomic E-state index is 0.128. The van der Waals surface area contributed by atoms with Crippen molar-refractivity contribution in [2.24, 2.45) is 5.11 Å². The Bertz CT molecular complexity index is 825. The molecule has 2 aromatic rings. The molecule has 1 aliphatic rings.